The second-order valence-electron chi connectivity index (χ2n) is 12.5. The number of nitrogens with zero attached hydrogens (tertiary/aromatic N) is 1. The van der Waals surface area contributed by atoms with Crippen molar-refractivity contribution in [1.82, 2.24) is 10.7 Å². The third-order valence-electron chi connectivity index (χ3n) is 7.79. The fourth-order valence-corrected chi connectivity index (χ4v) is 5.90. The molecule has 0 amide bonds. The average molecular weight is 844 g/mol. The van der Waals surface area contributed by atoms with Crippen LogP contribution in [0, 0.1) is 0 Å². The van der Waals surface area contributed by atoms with Gasteiger partial charge in [-0.25, -0.2) is 0 Å². The smallest absolute Gasteiger partial charge is 0.303 e. The third kappa shape index (κ3) is 14.1. The Balaban J connectivity index is 2.08. The molecule has 23 heteroatoms. The van der Waals surface area contributed by atoms with E-state index in [9.17, 15) is 38.7 Å². The first kappa shape index (κ1) is 46.7. The largest absolute Gasteiger partial charge is 0.504 e. The first-order chi connectivity index (χ1) is 27.3. The van der Waals surface area contributed by atoms with Crippen molar-refractivity contribution in [3.8, 4) is 11.5 Å². The van der Waals surface area contributed by atoms with Crippen LogP contribution >= 0.6 is 12.2 Å². The molecule has 3 rings (SSSR count). The molecule has 2 aliphatic heterocycles. The monoisotopic (exact) mass is 843 g/mol. The Bertz CT molecular complexity index is 1720. The molecule has 0 aromatic heterocycles. The van der Waals surface area contributed by atoms with Crippen LogP contribution in [0.5, 0.6) is 11.5 Å². The van der Waals surface area contributed by atoms with Crippen LogP contribution in [0.15, 0.2) is 23.3 Å². The van der Waals surface area contributed by atoms with Crippen molar-refractivity contribution in [2.75, 3.05) is 20.3 Å². The highest BCUT2D eigenvalue weighted by Gasteiger charge is 2.57. The van der Waals surface area contributed by atoms with Crippen molar-refractivity contribution in [2.24, 2.45) is 5.10 Å². The number of carbonyl (C=O) groups excluding carboxylic acids is 7. The van der Waals surface area contributed by atoms with Crippen LogP contribution in [-0.4, -0.2) is 140 Å². The lowest BCUT2D eigenvalue weighted by Gasteiger charge is -2.49. The lowest BCUT2D eigenvalue weighted by Crippen LogP contribution is -2.69. The Labute approximate surface area is 337 Å². The average Bonchev–Trinajstić information content (AvgIpc) is 3.11. The molecule has 2 aliphatic rings. The van der Waals surface area contributed by atoms with Crippen molar-refractivity contribution in [3.63, 3.8) is 0 Å². The summed E-state index contributed by atoms with van der Waals surface area (Å²) in [5.74, 6) is -6.01. The number of methoxy groups -OCH3 is 1. The van der Waals surface area contributed by atoms with Gasteiger partial charge in [0.1, 0.15) is 31.5 Å². The number of phenolic OH excluding ortho intramolecular Hbond substituents is 1. The molecule has 0 saturated carbocycles. The minimum atomic E-state index is -1.84. The van der Waals surface area contributed by atoms with Crippen LogP contribution < -0.4 is 15.5 Å². The zero-order valence-electron chi connectivity index (χ0n) is 32.6. The van der Waals surface area contributed by atoms with Crippen LogP contribution in [0.3, 0.4) is 0 Å². The number of nitrogens with one attached hydrogen (secondary N) is 2. The predicted molar refractivity (Wildman–Crippen MR) is 194 cm³/mol. The van der Waals surface area contributed by atoms with Gasteiger partial charge in [-0.2, -0.15) is 5.10 Å². The van der Waals surface area contributed by atoms with Gasteiger partial charge < -0.3 is 62.5 Å². The molecule has 0 spiro atoms. The highest BCUT2D eigenvalue weighted by atomic mass is 32.1. The van der Waals surface area contributed by atoms with E-state index in [0.717, 1.165) is 48.5 Å². The Hall–Kier alpha value is -5.65. The summed E-state index contributed by atoms with van der Waals surface area (Å²) < 4.78 is 61.6. The molecule has 0 radical (unpaired) electrons. The van der Waals surface area contributed by atoms with Gasteiger partial charge in [0.25, 0.3) is 0 Å². The summed E-state index contributed by atoms with van der Waals surface area (Å²) in [5.41, 5.74) is 3.04. The fraction of sp³-hybridized carbons (Fsp3) is 0.571. The summed E-state index contributed by atoms with van der Waals surface area (Å²) in [6.07, 6.45) is -14.7. The molecule has 2 saturated heterocycles. The zero-order valence-corrected chi connectivity index (χ0v) is 33.5. The molecule has 1 aromatic carbocycles. The number of rotatable bonds is 15. The number of phenols is 1. The Kier molecular flexibility index (Phi) is 17.5. The van der Waals surface area contributed by atoms with E-state index in [1.165, 1.54) is 31.5 Å². The van der Waals surface area contributed by atoms with Crippen molar-refractivity contribution in [2.45, 2.75) is 110 Å². The van der Waals surface area contributed by atoms with Gasteiger partial charge in [0.05, 0.1) is 13.3 Å². The maximum atomic E-state index is 12.7. The Morgan fingerprint density at radius 1 is 0.690 bits per heavy atom. The highest BCUT2D eigenvalue weighted by Crippen LogP contribution is 2.35. The van der Waals surface area contributed by atoms with E-state index < -0.39 is 116 Å². The van der Waals surface area contributed by atoms with E-state index in [0.29, 0.717) is 5.56 Å². The molecule has 0 aliphatic carbocycles. The third-order valence-corrected chi connectivity index (χ3v) is 7.99. The lowest BCUT2D eigenvalue weighted by molar-refractivity contribution is -0.345. The minimum absolute atomic E-state index is 0.0992. The normalized spacial score (nSPS) is 26.6. The van der Waals surface area contributed by atoms with Crippen molar-refractivity contribution in [1.29, 1.82) is 0 Å². The number of hydrazone groups is 1. The maximum Gasteiger partial charge on any atom is 0.303 e. The van der Waals surface area contributed by atoms with Crippen molar-refractivity contribution >= 4 is 65.3 Å². The maximum absolute atomic E-state index is 12.7. The topological polar surface area (TPSA) is 278 Å². The van der Waals surface area contributed by atoms with Crippen LogP contribution in [0.25, 0.3) is 0 Å². The molecule has 22 nitrogen and oxygen atoms in total. The molecule has 2 heterocycles. The van der Waals surface area contributed by atoms with E-state index in [-0.39, 0.29) is 16.6 Å². The van der Waals surface area contributed by atoms with Crippen LogP contribution in [0.2, 0.25) is 0 Å². The SMILES string of the molecule is COc1cc(/C=N/NC(=S)N[C@@H]2O[C@H](COC(C)=O)[C@@H](O[C@@H]3O[C@H](COC(C)=O)[C@H](OC(C)=O)[C@H](OC(C)=O)[C@H]3OC(C)=O)[C@H](OC(C)=O)[C@H]2OC(C)=O)ccc1O. The number of benzene rings is 1. The van der Waals surface area contributed by atoms with E-state index in [2.05, 4.69) is 15.8 Å². The van der Waals surface area contributed by atoms with E-state index >= 15 is 0 Å². The summed E-state index contributed by atoms with van der Waals surface area (Å²) >= 11 is 5.39. The molecular formula is C35H45N3O19S. The fourth-order valence-electron chi connectivity index (χ4n) is 5.73. The molecule has 58 heavy (non-hydrogen) atoms. The number of hydrogen-bond acceptors (Lipinski definition) is 21. The molecule has 320 valence electrons. The summed E-state index contributed by atoms with van der Waals surface area (Å²) in [6.45, 7) is 6.15. The Morgan fingerprint density at radius 3 is 1.69 bits per heavy atom. The van der Waals surface area contributed by atoms with E-state index in [1.54, 1.807) is 0 Å². The van der Waals surface area contributed by atoms with Gasteiger partial charge in [0, 0.05) is 48.5 Å². The second-order valence-corrected chi connectivity index (χ2v) is 12.9. The molecule has 1 aromatic rings. The van der Waals surface area contributed by atoms with Crippen LogP contribution in [0.1, 0.15) is 54.0 Å². The number of thiocarbonyl (C=S) groups is 1. The number of hydrogen-bond donors (Lipinski definition) is 3. The van der Waals surface area contributed by atoms with E-state index in [1.807, 2.05) is 0 Å². The quantitative estimate of drug-likeness (QED) is 0.0679. The molecular weight excluding hydrogens is 798 g/mol. The van der Waals surface area contributed by atoms with Gasteiger partial charge >= 0.3 is 41.8 Å². The minimum Gasteiger partial charge on any atom is -0.504 e. The zero-order chi connectivity index (χ0) is 43.3. The summed E-state index contributed by atoms with van der Waals surface area (Å²) in [5, 5.41) is 16.4. The molecule has 0 bridgehead atoms. The van der Waals surface area contributed by atoms with Gasteiger partial charge in [0.15, 0.2) is 59.6 Å². The van der Waals surface area contributed by atoms with Gasteiger partial charge in [-0.15, -0.1) is 0 Å². The molecule has 0 unspecified atom stereocenters. The Morgan fingerprint density at radius 2 is 1.17 bits per heavy atom. The lowest BCUT2D eigenvalue weighted by atomic mass is 9.95. The number of carbonyl (C=O) groups is 7. The van der Waals surface area contributed by atoms with Crippen LogP contribution in [0.4, 0.5) is 0 Å². The number of esters is 7. The first-order valence-electron chi connectivity index (χ1n) is 17.3. The molecule has 3 N–H and O–H groups in total. The molecule has 10 atom stereocenters. The summed E-state index contributed by atoms with van der Waals surface area (Å²) in [6, 6.07) is 4.41. The van der Waals surface area contributed by atoms with Gasteiger partial charge in [-0.1, -0.05) is 0 Å². The summed E-state index contributed by atoms with van der Waals surface area (Å²) in [4.78, 5) is 86.1. The summed E-state index contributed by atoms with van der Waals surface area (Å²) in [7, 11) is 1.37. The van der Waals surface area contributed by atoms with Gasteiger partial charge in [-0.05, 0) is 36.0 Å². The highest BCUT2D eigenvalue weighted by molar-refractivity contribution is 7.80. The van der Waals surface area contributed by atoms with Gasteiger partial charge in [0.2, 0.25) is 0 Å². The van der Waals surface area contributed by atoms with Crippen molar-refractivity contribution in [3.05, 3.63) is 23.8 Å². The first-order valence-corrected chi connectivity index (χ1v) is 17.8. The standard InChI is InChI=1S/C35H45N3O19S/c1-15(39)48-13-25-28(57-34-32(54-21(7)45)30(52-19(5)43)27(50-17(3)41)26(56-34)14-49-16(2)40)29(51-18(4)42)31(53-20(6)44)33(55-25)37-35(58)38-36-12-22-9-10-23(46)24(11-22)47-8/h9-12,25-34,46H,13-14H2,1-8H3,(H2,37,38,58)/b36-12+/t25-,26-,27+,28-,29+,30+,31-,32-,33-,34+/m1/s1. The van der Waals surface area contributed by atoms with Crippen molar-refractivity contribution < 1.29 is 90.8 Å². The van der Waals surface area contributed by atoms with Crippen LogP contribution in [-0.2, 0) is 80.9 Å². The number of aromatic hydroxyl groups is 1. The molecule has 2 fully saturated rings. The number of ether oxygens (including phenoxy) is 11. The van der Waals surface area contributed by atoms with Gasteiger partial charge in [-0.3, -0.25) is 39.0 Å². The second kappa shape index (κ2) is 21.8. The van der Waals surface area contributed by atoms with E-state index in [4.69, 9.17) is 64.3 Å². The predicted octanol–water partition coefficient (Wildman–Crippen LogP) is -0.181.